The highest BCUT2D eigenvalue weighted by atomic mass is 32.1. The second kappa shape index (κ2) is 6.25. The van der Waals surface area contributed by atoms with Crippen LogP contribution in [0.5, 0.6) is 0 Å². The Morgan fingerprint density at radius 2 is 2.05 bits per heavy atom. The predicted molar refractivity (Wildman–Crippen MR) is 91.3 cm³/mol. The number of nitrogens with zero attached hydrogens (tertiary/aromatic N) is 2. The lowest BCUT2D eigenvalue weighted by molar-refractivity contribution is 0.301. The van der Waals surface area contributed by atoms with Crippen LogP contribution in [-0.4, -0.2) is 24.6 Å². The molecule has 3 rings (SSSR count). The van der Waals surface area contributed by atoms with Crippen LogP contribution in [-0.2, 0) is 6.54 Å². The summed E-state index contributed by atoms with van der Waals surface area (Å²) in [6, 6.07) is 0. The Balaban J connectivity index is 1.76. The fourth-order valence-corrected chi connectivity index (χ4v) is 4.59. The van der Waals surface area contributed by atoms with Gasteiger partial charge in [-0.15, -0.1) is 11.3 Å². The summed E-state index contributed by atoms with van der Waals surface area (Å²) in [6.07, 6.45) is 6.61. The number of hydrogen-bond acceptors (Lipinski definition) is 4. The molecule has 2 heterocycles. The van der Waals surface area contributed by atoms with Gasteiger partial charge in [0.2, 0.25) is 0 Å². The van der Waals surface area contributed by atoms with Gasteiger partial charge in [-0.3, -0.25) is 0 Å². The van der Waals surface area contributed by atoms with E-state index in [0.29, 0.717) is 5.41 Å². The topological polar surface area (TPSA) is 28.2 Å². The second-order valence-corrected chi connectivity index (χ2v) is 7.80. The van der Waals surface area contributed by atoms with E-state index in [9.17, 15) is 0 Å². The molecule has 2 aliphatic rings. The molecule has 0 spiro atoms. The van der Waals surface area contributed by atoms with E-state index in [1.165, 1.54) is 60.9 Å². The van der Waals surface area contributed by atoms with Gasteiger partial charge in [-0.1, -0.05) is 20.8 Å². The van der Waals surface area contributed by atoms with Gasteiger partial charge in [0.25, 0.3) is 0 Å². The maximum Gasteiger partial charge on any atom is 0.185 e. The average molecular weight is 308 g/mol. The van der Waals surface area contributed by atoms with Gasteiger partial charge >= 0.3 is 0 Å². The molecule has 1 N–H and O–H groups in total. The summed E-state index contributed by atoms with van der Waals surface area (Å²) >= 11 is 1.94. The van der Waals surface area contributed by atoms with Gasteiger partial charge in [-0.2, -0.15) is 0 Å². The van der Waals surface area contributed by atoms with Crippen LogP contribution >= 0.6 is 11.3 Å². The van der Waals surface area contributed by atoms with Crippen LogP contribution in [0.1, 0.15) is 69.4 Å². The lowest BCUT2D eigenvalue weighted by atomic mass is 9.82. The summed E-state index contributed by atoms with van der Waals surface area (Å²) in [7, 11) is 0. The molecule has 1 aliphatic carbocycles. The van der Waals surface area contributed by atoms with E-state index in [0.717, 1.165) is 19.0 Å². The van der Waals surface area contributed by atoms with Crippen LogP contribution in [0.4, 0.5) is 5.13 Å². The van der Waals surface area contributed by atoms with E-state index in [4.69, 9.17) is 4.98 Å². The summed E-state index contributed by atoms with van der Waals surface area (Å²) < 4.78 is 0. The standard InChI is InChI=1S/C17H29N3S/c1-4-17(5-2)9-10-20(12-17)16-19-15(13-7-8-13)14(21-16)11-18-6-3/h13,18H,4-12H2,1-3H3. The normalized spacial score (nSPS) is 21.2. The van der Waals surface area contributed by atoms with Crippen LogP contribution in [0.25, 0.3) is 0 Å². The van der Waals surface area contributed by atoms with Gasteiger partial charge in [-0.05, 0) is 44.1 Å². The van der Waals surface area contributed by atoms with Gasteiger partial charge in [-0.25, -0.2) is 4.98 Å². The lowest BCUT2D eigenvalue weighted by Gasteiger charge is -2.26. The molecule has 0 amide bonds. The summed E-state index contributed by atoms with van der Waals surface area (Å²) in [5.41, 5.74) is 1.94. The van der Waals surface area contributed by atoms with E-state index in [-0.39, 0.29) is 0 Å². The Bertz CT molecular complexity index is 474. The maximum atomic E-state index is 5.05. The first kappa shape index (κ1) is 15.3. The second-order valence-electron chi connectivity index (χ2n) is 6.74. The Morgan fingerprint density at radius 1 is 1.29 bits per heavy atom. The molecule has 1 saturated carbocycles. The number of thiazole rings is 1. The summed E-state index contributed by atoms with van der Waals surface area (Å²) in [5, 5.41) is 4.77. The third-order valence-electron chi connectivity index (χ3n) is 5.42. The molecular weight excluding hydrogens is 278 g/mol. The van der Waals surface area contributed by atoms with Crippen molar-refractivity contribution in [2.45, 2.75) is 65.3 Å². The minimum absolute atomic E-state index is 0.535. The Kier molecular flexibility index (Phi) is 4.55. The molecule has 2 fully saturated rings. The first-order valence-electron chi connectivity index (χ1n) is 8.66. The smallest absolute Gasteiger partial charge is 0.185 e. The van der Waals surface area contributed by atoms with Gasteiger partial charge < -0.3 is 10.2 Å². The van der Waals surface area contributed by atoms with E-state index in [2.05, 4.69) is 31.0 Å². The molecule has 0 bridgehead atoms. The monoisotopic (exact) mass is 307 g/mol. The van der Waals surface area contributed by atoms with Crippen molar-refractivity contribution in [3.8, 4) is 0 Å². The molecule has 0 radical (unpaired) electrons. The first-order chi connectivity index (χ1) is 10.2. The molecular formula is C17H29N3S. The molecule has 118 valence electrons. The predicted octanol–water partition coefficient (Wildman–Crippen LogP) is 4.15. The third kappa shape index (κ3) is 3.11. The van der Waals surface area contributed by atoms with Gasteiger partial charge in [0.15, 0.2) is 5.13 Å². The van der Waals surface area contributed by atoms with Crippen molar-refractivity contribution in [2.24, 2.45) is 5.41 Å². The average Bonchev–Trinajstić information content (AvgIpc) is 3.13. The molecule has 1 aliphatic heterocycles. The fourth-order valence-electron chi connectivity index (χ4n) is 3.45. The quantitative estimate of drug-likeness (QED) is 0.820. The highest BCUT2D eigenvalue weighted by molar-refractivity contribution is 7.15. The molecule has 21 heavy (non-hydrogen) atoms. The van der Waals surface area contributed by atoms with E-state index >= 15 is 0 Å². The first-order valence-corrected chi connectivity index (χ1v) is 9.48. The van der Waals surface area contributed by atoms with E-state index in [1.807, 2.05) is 11.3 Å². The van der Waals surface area contributed by atoms with Crippen molar-refractivity contribution in [1.29, 1.82) is 0 Å². The van der Waals surface area contributed by atoms with Crippen LogP contribution in [0.2, 0.25) is 0 Å². The van der Waals surface area contributed by atoms with E-state index < -0.39 is 0 Å². The van der Waals surface area contributed by atoms with Gasteiger partial charge in [0, 0.05) is 30.4 Å². The minimum Gasteiger partial charge on any atom is -0.348 e. The Labute approximate surface area is 133 Å². The van der Waals surface area contributed by atoms with Crippen LogP contribution in [0.15, 0.2) is 0 Å². The molecule has 1 aromatic heterocycles. The zero-order chi connectivity index (χ0) is 14.9. The summed E-state index contributed by atoms with van der Waals surface area (Å²) in [5.74, 6) is 0.758. The largest absolute Gasteiger partial charge is 0.348 e. The van der Waals surface area contributed by atoms with Gasteiger partial charge in [0.1, 0.15) is 0 Å². The van der Waals surface area contributed by atoms with Gasteiger partial charge in [0.05, 0.1) is 5.69 Å². The number of aromatic nitrogens is 1. The molecule has 0 aromatic carbocycles. The van der Waals surface area contributed by atoms with Crippen LogP contribution < -0.4 is 10.2 Å². The molecule has 1 aromatic rings. The van der Waals surface area contributed by atoms with Crippen molar-refractivity contribution in [2.75, 3.05) is 24.5 Å². The zero-order valence-electron chi connectivity index (χ0n) is 13.7. The number of hydrogen-bond donors (Lipinski definition) is 1. The number of rotatable bonds is 7. The fraction of sp³-hybridized carbons (Fsp3) is 0.824. The Hall–Kier alpha value is -0.610. The number of nitrogens with one attached hydrogen (secondary N) is 1. The van der Waals surface area contributed by atoms with Crippen molar-refractivity contribution in [3.63, 3.8) is 0 Å². The Morgan fingerprint density at radius 3 is 2.62 bits per heavy atom. The summed E-state index contributed by atoms with van der Waals surface area (Å²) in [6.45, 7) is 11.3. The highest BCUT2D eigenvalue weighted by Gasteiger charge is 2.37. The van der Waals surface area contributed by atoms with Crippen molar-refractivity contribution >= 4 is 16.5 Å². The molecule has 1 saturated heterocycles. The van der Waals surface area contributed by atoms with Crippen LogP contribution in [0.3, 0.4) is 0 Å². The summed E-state index contributed by atoms with van der Waals surface area (Å²) in [4.78, 5) is 9.09. The lowest BCUT2D eigenvalue weighted by Crippen LogP contribution is -2.26. The SMILES string of the molecule is CCNCc1sc(N2CCC(CC)(CC)C2)nc1C1CC1. The molecule has 3 nitrogen and oxygen atoms in total. The zero-order valence-corrected chi connectivity index (χ0v) is 14.6. The minimum atomic E-state index is 0.535. The third-order valence-corrected chi connectivity index (χ3v) is 6.56. The maximum absolute atomic E-state index is 5.05. The van der Waals surface area contributed by atoms with Crippen molar-refractivity contribution in [1.82, 2.24) is 10.3 Å². The van der Waals surface area contributed by atoms with Crippen molar-refractivity contribution in [3.05, 3.63) is 10.6 Å². The molecule has 4 heteroatoms. The number of anilines is 1. The molecule has 0 unspecified atom stereocenters. The van der Waals surface area contributed by atoms with E-state index in [1.54, 1.807) is 0 Å². The van der Waals surface area contributed by atoms with Crippen molar-refractivity contribution < 1.29 is 0 Å². The highest BCUT2D eigenvalue weighted by Crippen LogP contribution is 2.46. The molecule has 0 atom stereocenters. The van der Waals surface area contributed by atoms with Crippen LogP contribution in [0, 0.1) is 5.41 Å².